The van der Waals surface area contributed by atoms with Gasteiger partial charge in [-0.15, -0.1) is 0 Å². The number of Topliss-reactive ketones (excluding diaryl/α,β-unsaturated/α-hetero) is 1. The lowest BCUT2D eigenvalue weighted by Crippen LogP contribution is -2.21. The van der Waals surface area contributed by atoms with Gasteiger partial charge in [0.05, 0.1) is 17.5 Å². The third-order valence-electron chi connectivity index (χ3n) is 3.67. The quantitative estimate of drug-likeness (QED) is 0.496. The van der Waals surface area contributed by atoms with Crippen molar-refractivity contribution in [1.82, 2.24) is 9.97 Å². The number of nitrogens with zero attached hydrogens (tertiary/aromatic N) is 3. The van der Waals surface area contributed by atoms with Gasteiger partial charge in [-0.25, -0.2) is 9.97 Å². The van der Waals surface area contributed by atoms with Crippen molar-refractivity contribution in [2.45, 2.75) is 18.8 Å². The molecule has 1 aromatic heterocycles. The second-order valence-electron chi connectivity index (χ2n) is 5.03. The maximum atomic E-state index is 12.2. The average Bonchev–Trinajstić information content (AvgIpc) is 2.48. The number of ketones is 1. The van der Waals surface area contributed by atoms with Crippen LogP contribution in [0.1, 0.15) is 39.5 Å². The minimum atomic E-state index is 0.0437. The number of rotatable bonds is 2. The molecular weight excluding hydrogens is 268 g/mol. The highest BCUT2D eigenvalue weighted by Crippen LogP contribution is 2.31. The third kappa shape index (κ3) is 2.60. The van der Waals surface area contributed by atoms with Crippen LogP contribution in [-0.2, 0) is 6.42 Å². The summed E-state index contributed by atoms with van der Waals surface area (Å²) in [6.45, 7) is 0. The number of hydrogen-bond donors (Lipinski definition) is 2. The standard InChI is InChI=1S/C15H14N4O2/c16-15-17-8-12-13(19-15)5-11(6-14(12)20)10-3-1-9(2-4-10)7-18-21/h1-4,7-8,11,21H,5-6H2,(H2,16,17,19). The molecule has 0 spiro atoms. The number of hydrogen-bond acceptors (Lipinski definition) is 6. The summed E-state index contributed by atoms with van der Waals surface area (Å²) in [6, 6.07) is 7.57. The van der Waals surface area contributed by atoms with Gasteiger partial charge in [0.1, 0.15) is 0 Å². The molecule has 0 aliphatic heterocycles. The van der Waals surface area contributed by atoms with E-state index in [0.717, 1.165) is 11.1 Å². The number of fused-ring (bicyclic) bond motifs is 1. The number of anilines is 1. The zero-order valence-electron chi connectivity index (χ0n) is 11.2. The Balaban J connectivity index is 1.89. The van der Waals surface area contributed by atoms with E-state index in [1.165, 1.54) is 12.4 Å². The smallest absolute Gasteiger partial charge is 0.220 e. The molecule has 0 bridgehead atoms. The monoisotopic (exact) mass is 282 g/mol. The van der Waals surface area contributed by atoms with Crippen molar-refractivity contribution >= 4 is 17.9 Å². The van der Waals surface area contributed by atoms with E-state index in [0.29, 0.717) is 24.1 Å². The summed E-state index contributed by atoms with van der Waals surface area (Å²) in [5.41, 5.74) is 8.74. The van der Waals surface area contributed by atoms with Crippen molar-refractivity contribution in [3.05, 3.63) is 52.8 Å². The molecule has 0 radical (unpaired) electrons. The minimum Gasteiger partial charge on any atom is -0.411 e. The van der Waals surface area contributed by atoms with Crippen LogP contribution < -0.4 is 5.73 Å². The molecule has 0 fully saturated rings. The molecule has 1 aliphatic carbocycles. The summed E-state index contributed by atoms with van der Waals surface area (Å²) in [5, 5.41) is 11.5. The van der Waals surface area contributed by atoms with E-state index < -0.39 is 0 Å². The van der Waals surface area contributed by atoms with Crippen molar-refractivity contribution in [2.24, 2.45) is 5.16 Å². The first-order chi connectivity index (χ1) is 10.2. The highest BCUT2D eigenvalue weighted by Gasteiger charge is 2.27. The number of nitrogen functional groups attached to an aromatic ring is 1. The van der Waals surface area contributed by atoms with E-state index in [1.807, 2.05) is 24.3 Å². The van der Waals surface area contributed by atoms with E-state index in [-0.39, 0.29) is 17.6 Å². The zero-order chi connectivity index (χ0) is 14.8. The first-order valence-electron chi connectivity index (χ1n) is 6.59. The van der Waals surface area contributed by atoms with Gasteiger partial charge in [0.2, 0.25) is 5.95 Å². The Hall–Kier alpha value is -2.76. The summed E-state index contributed by atoms with van der Waals surface area (Å²) >= 11 is 0. The normalized spacial score (nSPS) is 17.9. The van der Waals surface area contributed by atoms with Gasteiger partial charge < -0.3 is 10.9 Å². The molecule has 3 rings (SSSR count). The molecule has 1 unspecified atom stereocenters. The maximum Gasteiger partial charge on any atom is 0.220 e. The molecule has 1 aromatic carbocycles. The van der Waals surface area contributed by atoms with Gasteiger partial charge in [0.25, 0.3) is 0 Å². The van der Waals surface area contributed by atoms with Crippen molar-refractivity contribution in [1.29, 1.82) is 0 Å². The Morgan fingerprint density at radius 1 is 1.29 bits per heavy atom. The van der Waals surface area contributed by atoms with Gasteiger partial charge in [0.15, 0.2) is 5.78 Å². The van der Waals surface area contributed by atoms with E-state index in [9.17, 15) is 4.79 Å². The van der Waals surface area contributed by atoms with Crippen LogP contribution in [0.15, 0.2) is 35.6 Å². The van der Waals surface area contributed by atoms with E-state index >= 15 is 0 Å². The molecule has 1 heterocycles. The second kappa shape index (κ2) is 5.32. The maximum absolute atomic E-state index is 12.2. The SMILES string of the molecule is Nc1ncc2c(n1)CC(c1ccc(C=NO)cc1)CC2=O. The van der Waals surface area contributed by atoms with Crippen molar-refractivity contribution in [3.63, 3.8) is 0 Å². The summed E-state index contributed by atoms with van der Waals surface area (Å²) < 4.78 is 0. The first kappa shape index (κ1) is 13.2. The van der Waals surface area contributed by atoms with Gasteiger partial charge in [-0.2, -0.15) is 0 Å². The topological polar surface area (TPSA) is 101 Å². The Morgan fingerprint density at radius 3 is 2.76 bits per heavy atom. The van der Waals surface area contributed by atoms with Gasteiger partial charge >= 0.3 is 0 Å². The molecule has 6 heteroatoms. The number of carbonyl (C=O) groups excluding carboxylic acids is 1. The summed E-state index contributed by atoms with van der Waals surface area (Å²) in [4.78, 5) is 20.2. The summed E-state index contributed by atoms with van der Waals surface area (Å²) in [5.74, 6) is 0.318. The van der Waals surface area contributed by atoms with Crippen LogP contribution in [0.5, 0.6) is 0 Å². The second-order valence-corrected chi connectivity index (χ2v) is 5.03. The van der Waals surface area contributed by atoms with E-state index in [2.05, 4.69) is 15.1 Å². The highest BCUT2D eigenvalue weighted by atomic mass is 16.4. The lowest BCUT2D eigenvalue weighted by atomic mass is 9.82. The number of aromatic nitrogens is 2. The largest absolute Gasteiger partial charge is 0.411 e. The molecule has 1 aliphatic rings. The zero-order valence-corrected chi connectivity index (χ0v) is 11.2. The van der Waals surface area contributed by atoms with Crippen LogP contribution in [0.2, 0.25) is 0 Å². The molecule has 6 nitrogen and oxygen atoms in total. The molecular formula is C15H14N4O2. The Morgan fingerprint density at radius 2 is 2.05 bits per heavy atom. The summed E-state index contributed by atoms with van der Waals surface area (Å²) in [6.07, 6.45) is 3.98. The Kier molecular flexibility index (Phi) is 3.35. The number of oxime groups is 1. The Labute approximate surface area is 121 Å². The van der Waals surface area contributed by atoms with Crippen LogP contribution in [-0.4, -0.2) is 27.2 Å². The fourth-order valence-electron chi connectivity index (χ4n) is 2.62. The van der Waals surface area contributed by atoms with Crippen LogP contribution in [0.25, 0.3) is 0 Å². The van der Waals surface area contributed by atoms with Gasteiger partial charge in [-0.05, 0) is 23.5 Å². The lowest BCUT2D eigenvalue weighted by molar-refractivity contribution is 0.0963. The minimum absolute atomic E-state index is 0.0437. The highest BCUT2D eigenvalue weighted by molar-refractivity contribution is 5.98. The van der Waals surface area contributed by atoms with E-state index in [1.54, 1.807) is 0 Å². The fraction of sp³-hybridized carbons (Fsp3) is 0.200. The average molecular weight is 282 g/mol. The molecule has 2 aromatic rings. The van der Waals surface area contributed by atoms with E-state index in [4.69, 9.17) is 10.9 Å². The predicted octanol–water partition coefficient (Wildman–Crippen LogP) is 1.78. The van der Waals surface area contributed by atoms with Gasteiger partial charge in [-0.1, -0.05) is 29.4 Å². The number of carbonyl (C=O) groups is 1. The number of nitrogens with two attached hydrogens (primary N) is 1. The van der Waals surface area contributed by atoms with Crippen LogP contribution in [0.3, 0.4) is 0 Å². The van der Waals surface area contributed by atoms with Crippen LogP contribution in [0.4, 0.5) is 5.95 Å². The third-order valence-corrected chi connectivity index (χ3v) is 3.67. The summed E-state index contributed by atoms with van der Waals surface area (Å²) in [7, 11) is 0. The number of benzene rings is 1. The van der Waals surface area contributed by atoms with Gasteiger partial charge in [-0.3, -0.25) is 4.79 Å². The molecule has 0 saturated carbocycles. The molecule has 0 amide bonds. The molecule has 0 saturated heterocycles. The molecule has 3 N–H and O–H groups in total. The first-order valence-corrected chi connectivity index (χ1v) is 6.59. The molecule has 106 valence electrons. The lowest BCUT2D eigenvalue weighted by Gasteiger charge is -2.23. The molecule has 1 atom stereocenters. The van der Waals surface area contributed by atoms with Crippen molar-refractivity contribution in [3.8, 4) is 0 Å². The van der Waals surface area contributed by atoms with Gasteiger partial charge in [0, 0.05) is 12.6 Å². The van der Waals surface area contributed by atoms with Crippen LogP contribution in [0, 0.1) is 0 Å². The predicted molar refractivity (Wildman–Crippen MR) is 77.7 cm³/mol. The van der Waals surface area contributed by atoms with Crippen LogP contribution >= 0.6 is 0 Å². The fourth-order valence-corrected chi connectivity index (χ4v) is 2.62. The van der Waals surface area contributed by atoms with Crippen molar-refractivity contribution < 1.29 is 10.0 Å². The Bertz CT molecular complexity index is 710. The molecule has 21 heavy (non-hydrogen) atoms. The van der Waals surface area contributed by atoms with Crippen molar-refractivity contribution in [2.75, 3.05) is 5.73 Å².